The van der Waals surface area contributed by atoms with Crippen molar-refractivity contribution in [1.29, 1.82) is 0 Å². The zero-order chi connectivity index (χ0) is 21.8. The van der Waals surface area contributed by atoms with Gasteiger partial charge in [0.2, 0.25) is 0 Å². The number of benzene rings is 1. The number of halogens is 1. The number of hydrogen-bond donors (Lipinski definition) is 2. The molecule has 1 heterocycles. The van der Waals surface area contributed by atoms with Crippen molar-refractivity contribution >= 4 is 29.9 Å². The van der Waals surface area contributed by atoms with Crippen LogP contribution in [0.3, 0.4) is 0 Å². The van der Waals surface area contributed by atoms with Crippen LogP contribution in [0.5, 0.6) is 0 Å². The minimum atomic E-state index is 0. The van der Waals surface area contributed by atoms with E-state index in [1.165, 1.54) is 5.56 Å². The summed E-state index contributed by atoms with van der Waals surface area (Å²) in [5.74, 6) is 1.89. The molecular weight excluding hydrogens is 501 g/mol. The minimum Gasteiger partial charge on any atom is -0.376 e. The predicted octanol–water partition coefficient (Wildman–Crippen LogP) is 3.28. The van der Waals surface area contributed by atoms with E-state index in [1.807, 2.05) is 18.2 Å². The Morgan fingerprint density at radius 3 is 2.35 bits per heavy atom. The molecule has 1 fully saturated rings. The molecule has 1 saturated heterocycles. The molecule has 0 saturated carbocycles. The number of guanidine groups is 1. The number of rotatable bonds is 11. The molecule has 0 bridgehead atoms. The molecule has 31 heavy (non-hydrogen) atoms. The van der Waals surface area contributed by atoms with Crippen molar-refractivity contribution in [2.45, 2.75) is 40.3 Å². The van der Waals surface area contributed by atoms with E-state index in [0.717, 1.165) is 51.8 Å². The summed E-state index contributed by atoms with van der Waals surface area (Å²) in [6.07, 6.45) is 0. The third kappa shape index (κ3) is 11.0. The van der Waals surface area contributed by atoms with Crippen molar-refractivity contribution in [3.63, 3.8) is 0 Å². The van der Waals surface area contributed by atoms with Gasteiger partial charge < -0.3 is 20.3 Å². The van der Waals surface area contributed by atoms with Crippen molar-refractivity contribution < 1.29 is 4.74 Å². The van der Waals surface area contributed by atoms with Crippen LogP contribution in [0.2, 0.25) is 0 Å². The Labute approximate surface area is 207 Å². The van der Waals surface area contributed by atoms with Crippen molar-refractivity contribution in [2.24, 2.45) is 16.8 Å². The maximum atomic E-state index is 5.87. The molecule has 0 aromatic heterocycles. The maximum absolute atomic E-state index is 5.87. The van der Waals surface area contributed by atoms with E-state index in [9.17, 15) is 0 Å². The topological polar surface area (TPSA) is 52.1 Å². The molecule has 2 unspecified atom stereocenters. The van der Waals surface area contributed by atoms with Gasteiger partial charge in [-0.3, -0.25) is 9.89 Å². The molecule has 0 aliphatic carbocycles. The molecule has 0 spiro atoms. The van der Waals surface area contributed by atoms with Gasteiger partial charge in [0.25, 0.3) is 0 Å². The Morgan fingerprint density at radius 1 is 1.06 bits per heavy atom. The van der Waals surface area contributed by atoms with Crippen LogP contribution in [0.4, 0.5) is 0 Å². The van der Waals surface area contributed by atoms with Crippen LogP contribution in [0, 0.1) is 11.8 Å². The standard InChI is InChI=1S/C24H43N5O.HI/c1-6-25-24(26-16-21(4)18-30-19-22-10-8-7-9-11-22)27-17-23(20(2)3)29-14-12-28(5)13-15-29;/h7-11,20-21,23H,6,12-19H2,1-5H3,(H2,25,26,27);1H. The van der Waals surface area contributed by atoms with Crippen LogP contribution in [0.15, 0.2) is 35.3 Å². The smallest absolute Gasteiger partial charge is 0.191 e. The highest BCUT2D eigenvalue weighted by molar-refractivity contribution is 14.0. The number of piperazine rings is 1. The molecule has 7 heteroatoms. The number of likely N-dealkylation sites (N-methyl/N-ethyl adjacent to an activating group) is 1. The van der Waals surface area contributed by atoms with Gasteiger partial charge in [-0.15, -0.1) is 24.0 Å². The second-order valence-electron chi connectivity index (χ2n) is 8.86. The third-order valence-electron chi connectivity index (χ3n) is 5.67. The minimum absolute atomic E-state index is 0. The molecule has 6 nitrogen and oxygen atoms in total. The first kappa shape index (κ1) is 28.1. The molecule has 1 aromatic carbocycles. The molecule has 2 atom stereocenters. The molecule has 178 valence electrons. The Bertz CT molecular complexity index is 605. The van der Waals surface area contributed by atoms with Crippen molar-refractivity contribution in [1.82, 2.24) is 20.4 Å². The zero-order valence-electron chi connectivity index (χ0n) is 20.1. The second kappa shape index (κ2) is 15.8. The van der Waals surface area contributed by atoms with E-state index < -0.39 is 0 Å². The molecule has 2 rings (SSSR count). The average Bonchev–Trinajstić information content (AvgIpc) is 2.74. The fourth-order valence-corrected chi connectivity index (χ4v) is 3.74. The van der Waals surface area contributed by atoms with E-state index in [1.54, 1.807) is 0 Å². The molecule has 0 amide bonds. The normalized spacial score (nSPS) is 17.8. The third-order valence-corrected chi connectivity index (χ3v) is 5.67. The number of nitrogens with zero attached hydrogens (tertiary/aromatic N) is 3. The van der Waals surface area contributed by atoms with Crippen LogP contribution in [0.25, 0.3) is 0 Å². The lowest BCUT2D eigenvalue weighted by molar-refractivity contribution is 0.0898. The molecular formula is C24H44IN5O. The highest BCUT2D eigenvalue weighted by Crippen LogP contribution is 2.13. The van der Waals surface area contributed by atoms with Gasteiger partial charge in [0, 0.05) is 51.9 Å². The number of ether oxygens (including phenoxy) is 1. The van der Waals surface area contributed by atoms with Gasteiger partial charge >= 0.3 is 0 Å². The summed E-state index contributed by atoms with van der Waals surface area (Å²) in [5.41, 5.74) is 1.21. The first-order valence-corrected chi connectivity index (χ1v) is 11.6. The van der Waals surface area contributed by atoms with E-state index in [2.05, 4.69) is 67.3 Å². The zero-order valence-corrected chi connectivity index (χ0v) is 22.5. The molecule has 2 N–H and O–H groups in total. The van der Waals surface area contributed by atoms with Gasteiger partial charge in [-0.1, -0.05) is 51.1 Å². The van der Waals surface area contributed by atoms with E-state index in [4.69, 9.17) is 9.73 Å². The van der Waals surface area contributed by atoms with E-state index in [-0.39, 0.29) is 24.0 Å². The van der Waals surface area contributed by atoms with E-state index in [0.29, 0.717) is 31.1 Å². The fourth-order valence-electron chi connectivity index (χ4n) is 3.74. The summed E-state index contributed by atoms with van der Waals surface area (Å²) in [5, 5.41) is 6.99. The molecule has 1 aromatic rings. The summed E-state index contributed by atoms with van der Waals surface area (Å²) >= 11 is 0. The maximum Gasteiger partial charge on any atom is 0.191 e. The van der Waals surface area contributed by atoms with Gasteiger partial charge in [-0.2, -0.15) is 0 Å². The Morgan fingerprint density at radius 2 is 1.74 bits per heavy atom. The van der Waals surface area contributed by atoms with Gasteiger partial charge in [0.05, 0.1) is 13.2 Å². The second-order valence-corrected chi connectivity index (χ2v) is 8.86. The van der Waals surface area contributed by atoms with Crippen molar-refractivity contribution in [2.75, 3.05) is 59.5 Å². The predicted molar refractivity (Wildman–Crippen MR) is 142 cm³/mol. The highest BCUT2D eigenvalue weighted by atomic mass is 127. The largest absolute Gasteiger partial charge is 0.376 e. The summed E-state index contributed by atoms with van der Waals surface area (Å²) in [6.45, 7) is 17.5. The summed E-state index contributed by atoms with van der Waals surface area (Å²) in [7, 11) is 2.21. The lowest BCUT2D eigenvalue weighted by Gasteiger charge is -2.40. The number of hydrogen-bond acceptors (Lipinski definition) is 4. The lowest BCUT2D eigenvalue weighted by atomic mass is 10.0. The quantitative estimate of drug-likeness (QED) is 0.254. The van der Waals surface area contributed by atoms with Crippen LogP contribution in [0.1, 0.15) is 33.3 Å². The fraction of sp³-hybridized carbons (Fsp3) is 0.708. The van der Waals surface area contributed by atoms with Crippen LogP contribution in [-0.4, -0.2) is 81.3 Å². The monoisotopic (exact) mass is 545 g/mol. The van der Waals surface area contributed by atoms with Gasteiger partial charge in [-0.05, 0) is 31.4 Å². The Kier molecular flexibility index (Phi) is 14.4. The van der Waals surface area contributed by atoms with E-state index >= 15 is 0 Å². The van der Waals surface area contributed by atoms with Crippen LogP contribution < -0.4 is 10.6 Å². The van der Waals surface area contributed by atoms with Gasteiger partial charge in [0.15, 0.2) is 5.96 Å². The molecule has 1 aliphatic rings. The van der Waals surface area contributed by atoms with Crippen LogP contribution in [-0.2, 0) is 11.3 Å². The summed E-state index contributed by atoms with van der Waals surface area (Å²) < 4.78 is 5.87. The van der Waals surface area contributed by atoms with Crippen molar-refractivity contribution in [3.05, 3.63) is 35.9 Å². The Balaban J connectivity index is 0.00000480. The summed E-state index contributed by atoms with van der Waals surface area (Å²) in [4.78, 5) is 9.85. The highest BCUT2D eigenvalue weighted by Gasteiger charge is 2.25. The molecule has 0 radical (unpaired) electrons. The SMILES string of the molecule is CCNC(=NCC(C)COCc1ccccc1)NCC(C(C)C)N1CCN(C)CC1.I. The number of aliphatic imine (C=N–C) groups is 1. The first-order chi connectivity index (χ1) is 14.5. The number of nitrogens with one attached hydrogen (secondary N) is 2. The first-order valence-electron chi connectivity index (χ1n) is 11.6. The van der Waals surface area contributed by atoms with Gasteiger partial charge in [0.1, 0.15) is 0 Å². The lowest BCUT2D eigenvalue weighted by Crippen LogP contribution is -2.55. The van der Waals surface area contributed by atoms with Crippen molar-refractivity contribution in [3.8, 4) is 0 Å². The summed E-state index contributed by atoms with van der Waals surface area (Å²) in [6, 6.07) is 10.8. The van der Waals surface area contributed by atoms with Gasteiger partial charge in [-0.25, -0.2) is 0 Å². The average molecular weight is 546 g/mol. The van der Waals surface area contributed by atoms with Crippen LogP contribution >= 0.6 is 24.0 Å². The Hall–Kier alpha value is -0.900. The molecule has 1 aliphatic heterocycles.